The van der Waals surface area contributed by atoms with Gasteiger partial charge in [0.05, 0.1) is 17.4 Å². The zero-order valence-electron chi connectivity index (χ0n) is 14.1. The van der Waals surface area contributed by atoms with E-state index in [1.54, 1.807) is 6.20 Å². The Labute approximate surface area is 133 Å². The number of rotatable bonds is 2. The maximum atomic E-state index is 6.13. The summed E-state index contributed by atoms with van der Waals surface area (Å²) >= 11 is 0. The number of hydrogen-bond donors (Lipinski definition) is 1. The summed E-state index contributed by atoms with van der Waals surface area (Å²) in [5, 5.41) is 0. The fourth-order valence-electron chi connectivity index (χ4n) is 2.94. The van der Waals surface area contributed by atoms with E-state index < -0.39 is 7.12 Å². The molecule has 0 amide bonds. The smallest absolute Gasteiger partial charge is 0.399 e. The lowest BCUT2D eigenvalue weighted by Gasteiger charge is -2.32. The summed E-state index contributed by atoms with van der Waals surface area (Å²) in [5.74, 6) is 0.971. The van der Waals surface area contributed by atoms with Crippen molar-refractivity contribution in [3.8, 4) is 0 Å². The van der Waals surface area contributed by atoms with Gasteiger partial charge in [-0.1, -0.05) is 0 Å². The molecule has 22 heavy (non-hydrogen) atoms. The number of nitrogen functional groups attached to an aromatic ring is 1. The average molecular weight is 303 g/mol. The summed E-state index contributed by atoms with van der Waals surface area (Å²) in [6, 6.07) is 2.03. The van der Waals surface area contributed by atoms with Crippen LogP contribution in [0.3, 0.4) is 0 Å². The molecule has 3 rings (SSSR count). The summed E-state index contributed by atoms with van der Waals surface area (Å²) in [4.78, 5) is 6.81. The lowest BCUT2D eigenvalue weighted by molar-refractivity contribution is 0.00578. The minimum atomic E-state index is -0.434. The molecule has 0 bridgehead atoms. The van der Waals surface area contributed by atoms with Crippen molar-refractivity contribution in [1.82, 2.24) is 4.98 Å². The first-order valence-corrected chi connectivity index (χ1v) is 8.16. The highest BCUT2D eigenvalue weighted by molar-refractivity contribution is 6.64. The molecule has 2 N–H and O–H groups in total. The standard InChI is InChI=1S/C16H26BN3O2/c1-15(2)16(3,4)22-17(21-15)12-10-14(19-11-13(12)18)20-8-6-5-7-9-20/h10-11H,5-9,18H2,1-4H3. The maximum Gasteiger partial charge on any atom is 0.497 e. The second-order valence-corrected chi connectivity index (χ2v) is 7.31. The third-order valence-electron chi connectivity index (χ3n) is 5.14. The van der Waals surface area contributed by atoms with E-state index in [0.29, 0.717) is 5.69 Å². The molecule has 1 aromatic rings. The van der Waals surface area contributed by atoms with Crippen LogP contribution in [0, 0.1) is 0 Å². The van der Waals surface area contributed by atoms with E-state index >= 15 is 0 Å². The van der Waals surface area contributed by atoms with Gasteiger partial charge in [0, 0.05) is 24.2 Å². The highest BCUT2D eigenvalue weighted by Crippen LogP contribution is 2.37. The van der Waals surface area contributed by atoms with E-state index in [0.717, 1.165) is 24.4 Å². The molecular formula is C16H26BN3O2. The summed E-state index contributed by atoms with van der Waals surface area (Å²) in [7, 11) is -0.434. The van der Waals surface area contributed by atoms with Crippen LogP contribution in [0.4, 0.5) is 11.5 Å². The van der Waals surface area contributed by atoms with Crippen molar-refractivity contribution in [3.05, 3.63) is 12.3 Å². The fraction of sp³-hybridized carbons (Fsp3) is 0.688. The van der Waals surface area contributed by atoms with Crippen LogP contribution in [0.5, 0.6) is 0 Å². The summed E-state index contributed by atoms with van der Waals surface area (Å²) in [6.45, 7) is 10.3. The Bertz CT molecular complexity index is 540. The topological polar surface area (TPSA) is 60.6 Å². The van der Waals surface area contributed by atoms with Crippen LogP contribution >= 0.6 is 0 Å². The van der Waals surface area contributed by atoms with Gasteiger partial charge in [0.15, 0.2) is 0 Å². The molecule has 6 heteroatoms. The first-order chi connectivity index (χ1) is 10.3. The predicted octanol–water partition coefficient (Wildman–Crippen LogP) is 1.95. The lowest BCUT2D eigenvalue weighted by Crippen LogP contribution is -2.41. The first kappa shape index (κ1) is 15.6. The molecule has 5 nitrogen and oxygen atoms in total. The van der Waals surface area contributed by atoms with Gasteiger partial charge in [-0.15, -0.1) is 0 Å². The molecule has 0 saturated carbocycles. The van der Waals surface area contributed by atoms with Gasteiger partial charge < -0.3 is 19.9 Å². The highest BCUT2D eigenvalue weighted by Gasteiger charge is 2.52. The van der Waals surface area contributed by atoms with Crippen LogP contribution in [0.2, 0.25) is 0 Å². The lowest BCUT2D eigenvalue weighted by atomic mass is 9.78. The van der Waals surface area contributed by atoms with E-state index in [9.17, 15) is 0 Å². The quantitative estimate of drug-likeness (QED) is 0.846. The third-order valence-corrected chi connectivity index (χ3v) is 5.14. The number of aromatic nitrogens is 1. The van der Waals surface area contributed by atoms with E-state index in [4.69, 9.17) is 15.0 Å². The van der Waals surface area contributed by atoms with Crippen LogP contribution < -0.4 is 16.1 Å². The van der Waals surface area contributed by atoms with Crippen molar-refractivity contribution >= 4 is 24.1 Å². The first-order valence-electron chi connectivity index (χ1n) is 8.16. The monoisotopic (exact) mass is 303 g/mol. The van der Waals surface area contributed by atoms with Crippen molar-refractivity contribution < 1.29 is 9.31 Å². The fourth-order valence-corrected chi connectivity index (χ4v) is 2.94. The molecule has 2 aliphatic heterocycles. The van der Waals surface area contributed by atoms with Gasteiger partial charge in [-0.05, 0) is 53.0 Å². The summed E-state index contributed by atoms with van der Waals surface area (Å²) < 4.78 is 12.2. The van der Waals surface area contributed by atoms with Gasteiger partial charge in [-0.25, -0.2) is 4.98 Å². The molecule has 2 fully saturated rings. The van der Waals surface area contributed by atoms with Crippen molar-refractivity contribution in [1.29, 1.82) is 0 Å². The molecule has 0 atom stereocenters. The summed E-state index contributed by atoms with van der Waals surface area (Å²) in [6.07, 6.45) is 5.47. The predicted molar refractivity (Wildman–Crippen MR) is 90.4 cm³/mol. The molecule has 0 unspecified atom stereocenters. The molecule has 120 valence electrons. The van der Waals surface area contributed by atoms with E-state index in [-0.39, 0.29) is 11.2 Å². The Hall–Kier alpha value is -1.27. The zero-order chi connectivity index (χ0) is 16.0. The second kappa shape index (κ2) is 5.42. The molecule has 0 spiro atoms. The minimum Gasteiger partial charge on any atom is -0.399 e. The Kier molecular flexibility index (Phi) is 3.85. The van der Waals surface area contributed by atoms with Gasteiger partial charge in [-0.2, -0.15) is 0 Å². The highest BCUT2D eigenvalue weighted by atomic mass is 16.7. The number of hydrogen-bond acceptors (Lipinski definition) is 5. The molecule has 0 radical (unpaired) electrons. The molecule has 3 heterocycles. The molecule has 2 aliphatic rings. The van der Waals surface area contributed by atoms with Crippen molar-refractivity contribution in [2.45, 2.75) is 58.2 Å². The Balaban J connectivity index is 1.88. The van der Waals surface area contributed by atoms with Crippen molar-refractivity contribution in [2.75, 3.05) is 23.7 Å². The number of nitrogens with zero attached hydrogens (tertiary/aromatic N) is 2. The van der Waals surface area contributed by atoms with Crippen molar-refractivity contribution in [3.63, 3.8) is 0 Å². The van der Waals surface area contributed by atoms with E-state index in [1.807, 2.05) is 6.07 Å². The van der Waals surface area contributed by atoms with Gasteiger partial charge in [0.1, 0.15) is 5.82 Å². The van der Waals surface area contributed by atoms with Gasteiger partial charge in [0.2, 0.25) is 0 Å². The number of piperidine rings is 1. The number of pyridine rings is 1. The van der Waals surface area contributed by atoms with Gasteiger partial charge >= 0.3 is 7.12 Å². The normalized spacial score (nSPS) is 23.8. The second-order valence-electron chi connectivity index (χ2n) is 7.31. The van der Waals surface area contributed by atoms with Crippen LogP contribution in [-0.2, 0) is 9.31 Å². The molecular weight excluding hydrogens is 277 g/mol. The van der Waals surface area contributed by atoms with E-state index in [2.05, 4.69) is 37.6 Å². The van der Waals surface area contributed by atoms with Crippen molar-refractivity contribution in [2.24, 2.45) is 0 Å². The largest absolute Gasteiger partial charge is 0.497 e. The van der Waals surface area contributed by atoms with Gasteiger partial charge in [0.25, 0.3) is 0 Å². The zero-order valence-corrected chi connectivity index (χ0v) is 14.1. The SMILES string of the molecule is CC1(C)OB(c2cc(N3CCCCC3)ncc2N)OC1(C)C. The van der Waals surface area contributed by atoms with Crippen LogP contribution in [0.1, 0.15) is 47.0 Å². The number of nitrogens with two attached hydrogens (primary N) is 1. The van der Waals surface area contributed by atoms with Crippen LogP contribution in [0.15, 0.2) is 12.3 Å². The average Bonchev–Trinajstić information content (AvgIpc) is 2.69. The summed E-state index contributed by atoms with van der Waals surface area (Å²) in [5.41, 5.74) is 6.92. The number of anilines is 2. The third kappa shape index (κ3) is 2.70. The Morgan fingerprint density at radius 3 is 2.27 bits per heavy atom. The van der Waals surface area contributed by atoms with Crippen LogP contribution in [-0.4, -0.2) is 36.4 Å². The molecule has 2 saturated heterocycles. The van der Waals surface area contributed by atoms with Gasteiger partial charge in [-0.3, -0.25) is 0 Å². The Morgan fingerprint density at radius 1 is 1.09 bits per heavy atom. The maximum absolute atomic E-state index is 6.13. The van der Waals surface area contributed by atoms with E-state index in [1.165, 1.54) is 19.3 Å². The van der Waals surface area contributed by atoms with Crippen LogP contribution in [0.25, 0.3) is 0 Å². The Morgan fingerprint density at radius 2 is 1.68 bits per heavy atom. The molecule has 0 aliphatic carbocycles. The molecule has 0 aromatic carbocycles. The minimum absolute atomic E-state index is 0.362. The molecule has 1 aromatic heterocycles.